The van der Waals surface area contributed by atoms with E-state index < -0.39 is 12.0 Å². The van der Waals surface area contributed by atoms with Crippen LogP contribution in [0.3, 0.4) is 0 Å². The SMILES string of the molecule is CN(C)C(=O)c1ccc(NC(C(=O)O)C2CC2)nc1. The summed E-state index contributed by atoms with van der Waals surface area (Å²) in [6, 6.07) is 2.68. The molecule has 2 N–H and O–H groups in total. The van der Waals surface area contributed by atoms with Gasteiger partial charge in [0, 0.05) is 20.3 Å². The van der Waals surface area contributed by atoms with E-state index in [4.69, 9.17) is 5.11 Å². The van der Waals surface area contributed by atoms with Crippen LogP contribution in [0.15, 0.2) is 18.3 Å². The number of aliphatic carboxylic acids is 1. The molecule has 1 unspecified atom stereocenters. The fourth-order valence-electron chi connectivity index (χ4n) is 1.83. The Morgan fingerprint density at radius 2 is 2.11 bits per heavy atom. The number of nitrogens with zero attached hydrogens (tertiary/aromatic N) is 2. The van der Waals surface area contributed by atoms with Crippen LogP contribution in [-0.2, 0) is 4.79 Å². The quantitative estimate of drug-likeness (QED) is 0.830. The number of nitrogens with one attached hydrogen (secondary N) is 1. The van der Waals surface area contributed by atoms with E-state index in [0.717, 1.165) is 12.8 Å². The van der Waals surface area contributed by atoms with Crippen LogP contribution >= 0.6 is 0 Å². The second-order valence-corrected chi connectivity index (χ2v) is 4.93. The summed E-state index contributed by atoms with van der Waals surface area (Å²) in [5.74, 6) is -0.328. The number of rotatable bonds is 5. The molecule has 102 valence electrons. The molecule has 1 atom stereocenters. The molecule has 6 nitrogen and oxygen atoms in total. The highest BCUT2D eigenvalue weighted by Crippen LogP contribution is 2.34. The maximum Gasteiger partial charge on any atom is 0.326 e. The van der Waals surface area contributed by atoms with Gasteiger partial charge in [0.1, 0.15) is 11.9 Å². The maximum absolute atomic E-state index is 11.7. The first kappa shape index (κ1) is 13.3. The Morgan fingerprint density at radius 1 is 1.42 bits per heavy atom. The Morgan fingerprint density at radius 3 is 2.53 bits per heavy atom. The highest BCUT2D eigenvalue weighted by molar-refractivity contribution is 5.93. The minimum absolute atomic E-state index is 0.129. The molecule has 0 radical (unpaired) electrons. The number of carbonyl (C=O) groups is 2. The van der Waals surface area contributed by atoms with Gasteiger partial charge in [-0.1, -0.05) is 0 Å². The van der Waals surface area contributed by atoms with Gasteiger partial charge in [0.15, 0.2) is 0 Å². The fourth-order valence-corrected chi connectivity index (χ4v) is 1.83. The number of anilines is 1. The van der Waals surface area contributed by atoms with Crippen LogP contribution in [-0.4, -0.2) is 47.0 Å². The van der Waals surface area contributed by atoms with Gasteiger partial charge in [0.05, 0.1) is 5.56 Å². The van der Waals surface area contributed by atoms with Crippen molar-refractivity contribution in [3.63, 3.8) is 0 Å². The topological polar surface area (TPSA) is 82.5 Å². The Hall–Kier alpha value is -2.11. The molecule has 0 aliphatic heterocycles. The Bertz CT molecular complexity index is 480. The highest BCUT2D eigenvalue weighted by atomic mass is 16.4. The molecule has 1 aliphatic rings. The molecule has 6 heteroatoms. The molecule has 1 saturated carbocycles. The van der Waals surface area contributed by atoms with Crippen molar-refractivity contribution in [1.82, 2.24) is 9.88 Å². The predicted molar refractivity (Wildman–Crippen MR) is 70.0 cm³/mol. The number of carbonyl (C=O) groups excluding carboxylic acids is 1. The number of pyridine rings is 1. The van der Waals surface area contributed by atoms with Crippen molar-refractivity contribution in [1.29, 1.82) is 0 Å². The van der Waals surface area contributed by atoms with Crippen LogP contribution in [0.1, 0.15) is 23.2 Å². The molecule has 1 aromatic rings. The Labute approximate surface area is 111 Å². The van der Waals surface area contributed by atoms with Gasteiger partial charge in [-0.05, 0) is 30.9 Å². The van der Waals surface area contributed by atoms with Crippen LogP contribution in [0.5, 0.6) is 0 Å². The standard InChI is InChI=1S/C13H17N3O3/c1-16(2)12(17)9-5-6-10(14-7-9)15-11(13(18)19)8-3-4-8/h5-8,11H,3-4H2,1-2H3,(H,14,15)(H,18,19). The van der Waals surface area contributed by atoms with Gasteiger partial charge < -0.3 is 15.3 Å². The summed E-state index contributed by atoms with van der Waals surface area (Å²) in [4.78, 5) is 28.3. The van der Waals surface area contributed by atoms with Crippen molar-refractivity contribution in [2.45, 2.75) is 18.9 Å². The molecule has 2 rings (SSSR count). The van der Waals surface area contributed by atoms with Crippen molar-refractivity contribution in [3.05, 3.63) is 23.9 Å². The van der Waals surface area contributed by atoms with Gasteiger partial charge in [0.25, 0.3) is 5.91 Å². The number of aromatic nitrogens is 1. The summed E-state index contributed by atoms with van der Waals surface area (Å²) in [6.45, 7) is 0. The monoisotopic (exact) mass is 263 g/mol. The van der Waals surface area contributed by atoms with Gasteiger partial charge in [-0.25, -0.2) is 9.78 Å². The summed E-state index contributed by atoms with van der Waals surface area (Å²) in [5, 5.41) is 12.0. The van der Waals surface area contributed by atoms with E-state index in [0.29, 0.717) is 11.4 Å². The molecule has 1 heterocycles. The van der Waals surface area contributed by atoms with Gasteiger partial charge in [0.2, 0.25) is 0 Å². The lowest BCUT2D eigenvalue weighted by Crippen LogP contribution is -2.31. The summed E-state index contributed by atoms with van der Waals surface area (Å²) in [6.07, 6.45) is 3.32. The predicted octanol–water partition coefficient (Wildman–Crippen LogP) is 1.06. The maximum atomic E-state index is 11.7. The van der Waals surface area contributed by atoms with Gasteiger partial charge in [-0.2, -0.15) is 0 Å². The van der Waals surface area contributed by atoms with Gasteiger partial charge in [-0.15, -0.1) is 0 Å². The third-order valence-electron chi connectivity index (χ3n) is 3.08. The summed E-state index contributed by atoms with van der Waals surface area (Å²) in [5.41, 5.74) is 0.480. The van der Waals surface area contributed by atoms with E-state index in [1.54, 1.807) is 26.2 Å². The van der Waals surface area contributed by atoms with E-state index in [2.05, 4.69) is 10.3 Å². The van der Waals surface area contributed by atoms with Crippen molar-refractivity contribution >= 4 is 17.7 Å². The first-order chi connectivity index (χ1) is 8.99. The third-order valence-corrected chi connectivity index (χ3v) is 3.08. The van der Waals surface area contributed by atoms with E-state index in [9.17, 15) is 9.59 Å². The largest absolute Gasteiger partial charge is 0.480 e. The number of carboxylic acid groups (broad SMARTS) is 1. The summed E-state index contributed by atoms with van der Waals surface area (Å²) < 4.78 is 0. The minimum Gasteiger partial charge on any atom is -0.480 e. The van der Waals surface area contributed by atoms with E-state index in [1.165, 1.54) is 11.1 Å². The number of amides is 1. The zero-order chi connectivity index (χ0) is 14.0. The number of hydrogen-bond acceptors (Lipinski definition) is 4. The molecule has 0 spiro atoms. The molecular formula is C13H17N3O3. The van der Waals surface area contributed by atoms with E-state index in [1.807, 2.05) is 0 Å². The molecule has 1 amide bonds. The van der Waals surface area contributed by atoms with Crippen molar-refractivity contribution < 1.29 is 14.7 Å². The highest BCUT2D eigenvalue weighted by Gasteiger charge is 2.36. The number of carboxylic acids is 1. The normalized spacial score (nSPS) is 15.7. The lowest BCUT2D eigenvalue weighted by atomic mass is 10.2. The van der Waals surface area contributed by atoms with Gasteiger partial charge in [-0.3, -0.25) is 4.79 Å². The fraction of sp³-hybridized carbons (Fsp3) is 0.462. The van der Waals surface area contributed by atoms with Crippen molar-refractivity contribution in [2.24, 2.45) is 5.92 Å². The lowest BCUT2D eigenvalue weighted by molar-refractivity contribution is -0.138. The van der Waals surface area contributed by atoms with Gasteiger partial charge >= 0.3 is 5.97 Å². The third kappa shape index (κ3) is 3.21. The molecule has 0 aromatic carbocycles. The lowest BCUT2D eigenvalue weighted by Gasteiger charge is -2.15. The summed E-state index contributed by atoms with van der Waals surface area (Å²) in [7, 11) is 3.34. The smallest absolute Gasteiger partial charge is 0.326 e. The van der Waals surface area contributed by atoms with E-state index >= 15 is 0 Å². The van der Waals surface area contributed by atoms with Crippen molar-refractivity contribution in [3.8, 4) is 0 Å². The Kier molecular flexibility index (Phi) is 3.69. The zero-order valence-electron chi connectivity index (χ0n) is 11.0. The molecule has 1 aliphatic carbocycles. The Balaban J connectivity index is 2.05. The average Bonchev–Trinajstić information content (AvgIpc) is 3.19. The minimum atomic E-state index is -0.863. The van der Waals surface area contributed by atoms with Crippen LogP contribution in [0, 0.1) is 5.92 Å². The average molecular weight is 263 g/mol. The molecule has 0 saturated heterocycles. The van der Waals surface area contributed by atoms with Crippen LogP contribution in [0.4, 0.5) is 5.82 Å². The molecule has 1 aromatic heterocycles. The summed E-state index contributed by atoms with van der Waals surface area (Å²) >= 11 is 0. The van der Waals surface area contributed by atoms with E-state index in [-0.39, 0.29) is 11.8 Å². The van der Waals surface area contributed by atoms with Crippen LogP contribution in [0.2, 0.25) is 0 Å². The zero-order valence-corrected chi connectivity index (χ0v) is 11.0. The molecule has 0 bridgehead atoms. The molecule has 1 fully saturated rings. The van der Waals surface area contributed by atoms with Crippen LogP contribution < -0.4 is 5.32 Å². The first-order valence-corrected chi connectivity index (χ1v) is 6.16. The van der Waals surface area contributed by atoms with Crippen molar-refractivity contribution in [2.75, 3.05) is 19.4 Å². The van der Waals surface area contributed by atoms with Crippen LogP contribution in [0.25, 0.3) is 0 Å². The second-order valence-electron chi connectivity index (χ2n) is 4.93. The number of hydrogen-bond donors (Lipinski definition) is 2. The molecular weight excluding hydrogens is 246 g/mol. The first-order valence-electron chi connectivity index (χ1n) is 6.16. The molecule has 19 heavy (non-hydrogen) atoms. The second kappa shape index (κ2) is 5.26.